The van der Waals surface area contributed by atoms with Gasteiger partial charge in [0.1, 0.15) is 18.1 Å². The maximum atomic E-state index is 14.3. The van der Waals surface area contributed by atoms with Crippen molar-refractivity contribution in [2.45, 2.75) is 89.1 Å². The van der Waals surface area contributed by atoms with Crippen molar-refractivity contribution in [3.8, 4) is 0 Å². The molecule has 5 N–H and O–H groups in total. The predicted octanol–water partition coefficient (Wildman–Crippen LogP) is 3.76. The van der Waals surface area contributed by atoms with E-state index in [1.165, 1.54) is 0 Å². The molecule has 0 radical (unpaired) electrons. The van der Waals surface area contributed by atoms with E-state index in [1.807, 2.05) is 93.6 Å². The van der Waals surface area contributed by atoms with Crippen LogP contribution in [0.5, 0.6) is 0 Å². The molecule has 3 aromatic rings. The molecule has 2 aliphatic heterocycles. The summed E-state index contributed by atoms with van der Waals surface area (Å²) in [6.07, 6.45) is 1.06. The van der Waals surface area contributed by atoms with Gasteiger partial charge in [-0.3, -0.25) is 24.0 Å². The van der Waals surface area contributed by atoms with E-state index in [0.717, 1.165) is 16.7 Å². The lowest BCUT2D eigenvalue weighted by Crippen LogP contribution is -2.58. The number of likely N-dealkylation sites (N-methyl/N-ethyl adjacent to an activating group) is 1. The van der Waals surface area contributed by atoms with Gasteiger partial charge in [0, 0.05) is 13.1 Å². The van der Waals surface area contributed by atoms with Gasteiger partial charge in [0.2, 0.25) is 29.5 Å². The summed E-state index contributed by atoms with van der Waals surface area (Å²) >= 11 is 1.62. The Balaban J connectivity index is 1.24. The second-order valence-electron chi connectivity index (χ2n) is 14.3. The van der Waals surface area contributed by atoms with Crippen LogP contribution in [0.3, 0.4) is 0 Å². The van der Waals surface area contributed by atoms with E-state index in [-0.39, 0.29) is 41.5 Å². The maximum Gasteiger partial charge on any atom is 0.247 e. The standard InChI is InChI=1S/C40H50N6O5S/c1-25(29-12-8-6-9-13-29)35(47)42-23-27-16-18-28(19-17-27)24-43-37(49)33(30-14-10-7-11-15-30)45-38(50)34-40(3,4)22-32-46(34)39(51)31(20-21-52-32)44-36(48)26(2)41-5/h6-19,25-26,31-34,41H,20-24H2,1-5H3,(H,42,47)(H,43,49)(H,44,48)(H,45,50)/t25-,26-,31-,32?,33+,34+/m0/s1. The number of hydrogen-bond donors (Lipinski definition) is 5. The Morgan fingerprint density at radius 3 is 1.94 bits per heavy atom. The SMILES string of the molecule is CN[C@@H](C)C(=O)N[C@H]1CCSC2CC(C)(C)[C@@H](C(=O)N[C@@H](C(=O)NCc3ccc(CNC(=O)[C@@H](C)c4ccccc4)cc3)c3ccccc3)N2C1=O. The molecule has 2 fully saturated rings. The van der Waals surface area contributed by atoms with Crippen LogP contribution in [-0.2, 0) is 37.1 Å². The normalized spacial score (nSPS) is 21.1. The van der Waals surface area contributed by atoms with E-state index in [2.05, 4.69) is 26.6 Å². The molecule has 6 atom stereocenters. The molecule has 11 nitrogen and oxygen atoms in total. The minimum Gasteiger partial charge on any atom is -0.352 e. The number of fused-ring (bicyclic) bond motifs is 1. The maximum absolute atomic E-state index is 14.3. The third-order valence-electron chi connectivity index (χ3n) is 10.0. The van der Waals surface area contributed by atoms with Gasteiger partial charge in [0.05, 0.1) is 17.3 Å². The lowest BCUT2D eigenvalue weighted by molar-refractivity contribution is -0.144. The molecule has 0 aliphatic carbocycles. The van der Waals surface area contributed by atoms with E-state index < -0.39 is 35.5 Å². The zero-order chi connectivity index (χ0) is 37.4. The van der Waals surface area contributed by atoms with E-state index >= 15 is 0 Å². The summed E-state index contributed by atoms with van der Waals surface area (Å²) in [5.41, 5.74) is 2.76. The average Bonchev–Trinajstić information content (AvgIpc) is 3.35. The third-order valence-corrected chi connectivity index (χ3v) is 11.3. The minimum absolute atomic E-state index is 0.0576. The van der Waals surface area contributed by atoms with Crippen LogP contribution in [0.25, 0.3) is 0 Å². The molecule has 1 unspecified atom stereocenters. The van der Waals surface area contributed by atoms with Crippen LogP contribution < -0.4 is 26.6 Å². The number of nitrogens with one attached hydrogen (secondary N) is 5. The predicted molar refractivity (Wildman–Crippen MR) is 203 cm³/mol. The average molecular weight is 727 g/mol. The minimum atomic E-state index is -1.01. The molecule has 2 heterocycles. The van der Waals surface area contributed by atoms with Gasteiger partial charge in [0.25, 0.3) is 0 Å². The molecule has 5 amide bonds. The fraction of sp³-hybridized carbons (Fsp3) is 0.425. The Kier molecular flexibility index (Phi) is 12.8. The molecular weight excluding hydrogens is 677 g/mol. The summed E-state index contributed by atoms with van der Waals surface area (Å²) in [6.45, 7) is 8.14. The van der Waals surface area contributed by atoms with Crippen LogP contribution in [0, 0.1) is 5.41 Å². The Hall–Kier alpha value is -4.68. The summed E-state index contributed by atoms with van der Waals surface area (Å²) in [5, 5.41) is 14.5. The molecule has 0 saturated carbocycles. The summed E-state index contributed by atoms with van der Waals surface area (Å²) in [4.78, 5) is 69.1. The van der Waals surface area contributed by atoms with E-state index in [9.17, 15) is 24.0 Å². The first kappa shape index (κ1) is 38.5. The number of nitrogens with zero attached hydrogens (tertiary/aromatic N) is 1. The fourth-order valence-electron chi connectivity index (χ4n) is 6.75. The highest BCUT2D eigenvalue weighted by molar-refractivity contribution is 7.99. The monoisotopic (exact) mass is 726 g/mol. The van der Waals surface area contributed by atoms with Gasteiger partial charge in [-0.25, -0.2) is 0 Å². The topological polar surface area (TPSA) is 149 Å². The van der Waals surface area contributed by atoms with Crippen LogP contribution in [0.2, 0.25) is 0 Å². The molecule has 5 rings (SSSR count). The second-order valence-corrected chi connectivity index (χ2v) is 15.5. The van der Waals surface area contributed by atoms with Gasteiger partial charge in [-0.2, -0.15) is 0 Å². The number of thioether (sulfide) groups is 1. The molecule has 2 aliphatic rings. The van der Waals surface area contributed by atoms with E-state index in [4.69, 9.17) is 0 Å². The number of carbonyl (C=O) groups is 5. The van der Waals surface area contributed by atoms with E-state index in [1.54, 1.807) is 42.8 Å². The number of hydrogen-bond acceptors (Lipinski definition) is 7. The van der Waals surface area contributed by atoms with Crippen molar-refractivity contribution >= 4 is 41.3 Å². The summed E-state index contributed by atoms with van der Waals surface area (Å²) in [6, 6.07) is 23.2. The van der Waals surface area contributed by atoms with Crippen LogP contribution in [-0.4, -0.2) is 70.7 Å². The van der Waals surface area contributed by atoms with Gasteiger partial charge in [-0.1, -0.05) is 98.8 Å². The molecule has 3 aromatic carbocycles. The van der Waals surface area contributed by atoms with Gasteiger partial charge < -0.3 is 31.5 Å². The largest absolute Gasteiger partial charge is 0.352 e. The summed E-state index contributed by atoms with van der Waals surface area (Å²) in [7, 11) is 1.68. The van der Waals surface area contributed by atoms with Crippen LogP contribution in [0.1, 0.15) is 74.8 Å². The van der Waals surface area contributed by atoms with Gasteiger partial charge >= 0.3 is 0 Å². The molecular formula is C40H50N6O5S. The van der Waals surface area contributed by atoms with Crippen molar-refractivity contribution in [2.24, 2.45) is 5.41 Å². The van der Waals surface area contributed by atoms with Crippen molar-refractivity contribution < 1.29 is 24.0 Å². The van der Waals surface area contributed by atoms with Crippen LogP contribution in [0.4, 0.5) is 0 Å². The third kappa shape index (κ3) is 9.21. The molecule has 52 heavy (non-hydrogen) atoms. The number of carbonyl (C=O) groups excluding carboxylic acids is 5. The first-order chi connectivity index (χ1) is 24.9. The van der Waals surface area contributed by atoms with Crippen LogP contribution >= 0.6 is 11.8 Å². The Morgan fingerprint density at radius 2 is 1.37 bits per heavy atom. The second kappa shape index (κ2) is 17.2. The quantitative estimate of drug-likeness (QED) is 0.180. The number of amides is 5. The molecule has 0 bridgehead atoms. The molecule has 12 heteroatoms. The number of benzene rings is 3. The fourth-order valence-corrected chi connectivity index (χ4v) is 8.33. The smallest absolute Gasteiger partial charge is 0.247 e. The first-order valence-electron chi connectivity index (χ1n) is 17.8. The van der Waals surface area contributed by atoms with Gasteiger partial charge in [0.15, 0.2) is 0 Å². The summed E-state index contributed by atoms with van der Waals surface area (Å²) < 4.78 is 0. The van der Waals surface area contributed by atoms with Crippen molar-refractivity contribution in [1.29, 1.82) is 0 Å². The Labute approximate surface area is 310 Å². The first-order valence-corrected chi connectivity index (χ1v) is 18.9. The van der Waals surface area contributed by atoms with Crippen molar-refractivity contribution in [1.82, 2.24) is 31.5 Å². The van der Waals surface area contributed by atoms with Gasteiger partial charge in [-0.05, 0) is 67.2 Å². The van der Waals surface area contributed by atoms with Crippen molar-refractivity contribution in [3.63, 3.8) is 0 Å². The zero-order valence-corrected chi connectivity index (χ0v) is 31.3. The highest BCUT2D eigenvalue weighted by Crippen LogP contribution is 2.46. The van der Waals surface area contributed by atoms with E-state index in [0.29, 0.717) is 30.7 Å². The lowest BCUT2D eigenvalue weighted by atomic mass is 9.83. The molecule has 2 saturated heterocycles. The highest BCUT2D eigenvalue weighted by atomic mass is 32.2. The van der Waals surface area contributed by atoms with Crippen LogP contribution in [0.15, 0.2) is 84.9 Å². The van der Waals surface area contributed by atoms with Crippen molar-refractivity contribution in [2.75, 3.05) is 12.8 Å². The Bertz CT molecular complexity index is 1720. The molecule has 276 valence electrons. The molecule has 0 spiro atoms. The summed E-state index contributed by atoms with van der Waals surface area (Å²) in [5.74, 6) is -1.04. The zero-order valence-electron chi connectivity index (χ0n) is 30.5. The van der Waals surface area contributed by atoms with Gasteiger partial charge in [-0.15, -0.1) is 11.8 Å². The number of rotatable bonds is 13. The lowest BCUT2D eigenvalue weighted by Gasteiger charge is -2.35. The van der Waals surface area contributed by atoms with Crippen molar-refractivity contribution in [3.05, 3.63) is 107 Å². The molecule has 0 aromatic heterocycles. The highest BCUT2D eigenvalue weighted by Gasteiger charge is 2.54. The Morgan fingerprint density at radius 1 is 0.808 bits per heavy atom.